The first-order chi connectivity index (χ1) is 14.0. The molecule has 1 N–H and O–H groups in total. The number of nitrogens with one attached hydrogen (secondary N) is 1. The van der Waals surface area contributed by atoms with Gasteiger partial charge in [-0.3, -0.25) is 9.59 Å². The second-order valence-electron chi connectivity index (χ2n) is 6.12. The third-order valence-electron chi connectivity index (χ3n) is 4.36. The second-order valence-corrected chi connectivity index (χ2v) is 7.91. The van der Waals surface area contributed by atoms with Gasteiger partial charge in [0.05, 0.1) is 23.4 Å². The van der Waals surface area contributed by atoms with Gasteiger partial charge in [0, 0.05) is 15.6 Å². The van der Waals surface area contributed by atoms with Crippen molar-refractivity contribution in [1.82, 2.24) is 0 Å². The molecule has 1 aromatic heterocycles. The quantitative estimate of drug-likeness (QED) is 0.530. The van der Waals surface area contributed by atoms with Gasteiger partial charge in [0.15, 0.2) is 0 Å². The van der Waals surface area contributed by atoms with Crippen LogP contribution in [0.2, 0.25) is 10.0 Å². The maximum absolute atomic E-state index is 13.3. The zero-order valence-electron chi connectivity index (χ0n) is 15.1. The number of nitrogens with zero attached hydrogens (tertiary/aromatic N) is 1. The van der Waals surface area contributed by atoms with E-state index in [0.29, 0.717) is 21.3 Å². The van der Waals surface area contributed by atoms with E-state index in [9.17, 15) is 9.59 Å². The number of halogens is 2. The highest BCUT2D eigenvalue weighted by Crippen LogP contribution is 2.39. The van der Waals surface area contributed by atoms with Crippen LogP contribution in [0.5, 0.6) is 5.75 Å². The predicted octanol–water partition coefficient (Wildman–Crippen LogP) is 5.46. The predicted molar refractivity (Wildman–Crippen MR) is 117 cm³/mol. The molecule has 0 saturated heterocycles. The molecule has 2 amide bonds. The fourth-order valence-corrected chi connectivity index (χ4v) is 4.13. The topological polar surface area (TPSA) is 58.6 Å². The summed E-state index contributed by atoms with van der Waals surface area (Å²) in [5.74, 6) is -0.278. The Morgan fingerprint density at radius 1 is 1.00 bits per heavy atom. The lowest BCUT2D eigenvalue weighted by Gasteiger charge is -2.17. The summed E-state index contributed by atoms with van der Waals surface area (Å²) in [4.78, 5) is 28.3. The lowest BCUT2D eigenvalue weighted by Crippen LogP contribution is -2.32. The Bertz CT molecular complexity index is 1130. The van der Waals surface area contributed by atoms with Crippen molar-refractivity contribution in [2.45, 2.75) is 0 Å². The molecule has 0 radical (unpaired) electrons. The van der Waals surface area contributed by atoms with Crippen molar-refractivity contribution in [3.8, 4) is 5.75 Å². The van der Waals surface area contributed by atoms with Gasteiger partial charge in [-0.2, -0.15) is 0 Å². The fraction of sp³-hybridized carbons (Fsp3) is 0.0476. The first-order valence-electron chi connectivity index (χ1n) is 8.52. The normalized spacial score (nSPS) is 14.0. The molecule has 29 heavy (non-hydrogen) atoms. The van der Waals surface area contributed by atoms with Gasteiger partial charge in [-0.05, 0) is 53.9 Å². The average Bonchev–Trinajstić information content (AvgIpc) is 3.32. The van der Waals surface area contributed by atoms with E-state index in [1.165, 1.54) is 17.4 Å². The molecule has 0 aliphatic carbocycles. The number of methoxy groups -OCH3 is 1. The lowest BCUT2D eigenvalue weighted by atomic mass is 10.2. The minimum absolute atomic E-state index is 0.179. The van der Waals surface area contributed by atoms with Crippen molar-refractivity contribution in [3.63, 3.8) is 0 Å². The molecule has 4 rings (SSSR count). The van der Waals surface area contributed by atoms with E-state index in [2.05, 4.69) is 5.32 Å². The van der Waals surface area contributed by atoms with Crippen molar-refractivity contribution in [2.24, 2.45) is 0 Å². The lowest BCUT2D eigenvalue weighted by molar-refractivity contribution is -0.120. The summed E-state index contributed by atoms with van der Waals surface area (Å²) in [6.07, 6.45) is 0. The fourth-order valence-electron chi connectivity index (χ4n) is 2.99. The minimum Gasteiger partial charge on any atom is -0.497 e. The molecular formula is C21H14Cl2N2O3S. The molecule has 0 fully saturated rings. The highest BCUT2D eigenvalue weighted by Gasteiger charge is 2.41. The van der Waals surface area contributed by atoms with Crippen LogP contribution in [0, 0.1) is 0 Å². The minimum atomic E-state index is -0.501. The van der Waals surface area contributed by atoms with Crippen LogP contribution in [0.1, 0.15) is 4.88 Å². The number of hydrogen-bond acceptors (Lipinski definition) is 5. The number of benzene rings is 2. The van der Waals surface area contributed by atoms with Crippen molar-refractivity contribution >= 4 is 63.3 Å². The van der Waals surface area contributed by atoms with Crippen molar-refractivity contribution < 1.29 is 14.3 Å². The number of carbonyl (C=O) groups excluding carboxylic acids is 2. The van der Waals surface area contributed by atoms with Crippen LogP contribution in [-0.4, -0.2) is 18.9 Å². The smallest absolute Gasteiger partial charge is 0.282 e. The Morgan fingerprint density at radius 3 is 2.41 bits per heavy atom. The third kappa shape index (κ3) is 3.62. The maximum Gasteiger partial charge on any atom is 0.282 e. The highest BCUT2D eigenvalue weighted by molar-refractivity contribution is 7.11. The molecule has 3 aromatic rings. The van der Waals surface area contributed by atoms with Gasteiger partial charge in [-0.1, -0.05) is 29.3 Å². The monoisotopic (exact) mass is 444 g/mol. The summed E-state index contributed by atoms with van der Waals surface area (Å²) in [6.45, 7) is 0. The Hall–Kier alpha value is -2.80. The number of ether oxygens (including phenoxy) is 1. The first kappa shape index (κ1) is 19.5. The van der Waals surface area contributed by atoms with Crippen LogP contribution in [0.25, 0.3) is 5.57 Å². The molecule has 8 heteroatoms. The number of thiophene rings is 1. The van der Waals surface area contributed by atoms with E-state index in [4.69, 9.17) is 27.9 Å². The summed E-state index contributed by atoms with van der Waals surface area (Å²) in [5.41, 5.74) is 1.36. The molecule has 0 spiro atoms. The van der Waals surface area contributed by atoms with E-state index < -0.39 is 11.8 Å². The summed E-state index contributed by atoms with van der Waals surface area (Å²) in [6, 6.07) is 15.3. The van der Waals surface area contributed by atoms with Crippen molar-refractivity contribution in [1.29, 1.82) is 0 Å². The number of carbonyl (C=O) groups is 2. The number of hydrogen-bond donors (Lipinski definition) is 1. The molecule has 2 heterocycles. The van der Waals surface area contributed by atoms with Crippen LogP contribution in [0.3, 0.4) is 0 Å². The Labute approximate surface area is 181 Å². The van der Waals surface area contributed by atoms with Gasteiger partial charge < -0.3 is 10.1 Å². The number of rotatable bonds is 5. The molecule has 2 aromatic carbocycles. The number of amides is 2. The van der Waals surface area contributed by atoms with E-state index in [1.807, 2.05) is 11.4 Å². The van der Waals surface area contributed by atoms with E-state index in [0.717, 1.165) is 4.90 Å². The molecule has 146 valence electrons. The van der Waals surface area contributed by atoms with Crippen molar-refractivity contribution in [3.05, 3.63) is 80.6 Å². The SMILES string of the molecule is COc1ccc(NC2=C(c3cccs3)C(=O)N(c3cc(Cl)ccc3Cl)C2=O)cc1. The molecule has 0 bridgehead atoms. The zero-order valence-corrected chi connectivity index (χ0v) is 17.4. The van der Waals surface area contributed by atoms with Gasteiger partial charge in [0.25, 0.3) is 11.8 Å². The van der Waals surface area contributed by atoms with E-state index in [1.54, 1.807) is 49.6 Å². The summed E-state index contributed by atoms with van der Waals surface area (Å²) < 4.78 is 5.16. The Kier molecular flexibility index (Phi) is 5.32. The largest absolute Gasteiger partial charge is 0.497 e. The molecule has 0 saturated carbocycles. The zero-order chi connectivity index (χ0) is 20.5. The van der Waals surface area contributed by atoms with Gasteiger partial charge in [-0.25, -0.2) is 4.90 Å². The molecule has 0 unspecified atom stereocenters. The average molecular weight is 445 g/mol. The second kappa shape index (κ2) is 7.91. The van der Waals surface area contributed by atoms with Crippen LogP contribution in [0.4, 0.5) is 11.4 Å². The summed E-state index contributed by atoms with van der Waals surface area (Å²) in [5, 5.41) is 5.57. The van der Waals surface area contributed by atoms with Gasteiger partial charge in [0.1, 0.15) is 11.4 Å². The van der Waals surface area contributed by atoms with Crippen LogP contribution >= 0.6 is 34.5 Å². The van der Waals surface area contributed by atoms with E-state index in [-0.39, 0.29) is 22.0 Å². The Morgan fingerprint density at radius 2 is 1.76 bits per heavy atom. The molecular weight excluding hydrogens is 431 g/mol. The van der Waals surface area contributed by atoms with Gasteiger partial charge in [-0.15, -0.1) is 11.3 Å². The molecule has 1 aliphatic heterocycles. The Balaban J connectivity index is 1.79. The van der Waals surface area contributed by atoms with Crippen LogP contribution < -0.4 is 15.0 Å². The van der Waals surface area contributed by atoms with E-state index >= 15 is 0 Å². The number of anilines is 2. The van der Waals surface area contributed by atoms with Crippen LogP contribution in [0.15, 0.2) is 65.7 Å². The third-order valence-corrected chi connectivity index (χ3v) is 5.80. The first-order valence-corrected chi connectivity index (χ1v) is 10.2. The molecule has 0 atom stereocenters. The summed E-state index contributed by atoms with van der Waals surface area (Å²) in [7, 11) is 1.58. The highest BCUT2D eigenvalue weighted by atomic mass is 35.5. The maximum atomic E-state index is 13.3. The number of imide groups is 1. The van der Waals surface area contributed by atoms with Crippen LogP contribution in [-0.2, 0) is 9.59 Å². The molecule has 5 nitrogen and oxygen atoms in total. The van der Waals surface area contributed by atoms with Gasteiger partial charge >= 0.3 is 0 Å². The van der Waals surface area contributed by atoms with Gasteiger partial charge in [0.2, 0.25) is 0 Å². The molecule has 1 aliphatic rings. The summed E-state index contributed by atoms with van der Waals surface area (Å²) >= 11 is 13.7. The van der Waals surface area contributed by atoms with Crippen molar-refractivity contribution in [2.75, 3.05) is 17.3 Å². The standard InChI is InChI=1S/C21H14Cl2N2O3S/c1-28-14-7-5-13(6-8-14)24-19-18(17-3-2-10-29-17)20(26)25(21(19)27)16-11-12(22)4-9-15(16)23/h2-11,24H,1H3.